The average Bonchev–Trinajstić information content (AvgIpc) is 2.18. The molecule has 1 unspecified atom stereocenters. The van der Waals surface area contributed by atoms with Gasteiger partial charge in [0.05, 0.1) is 6.10 Å². The van der Waals surface area contributed by atoms with Crippen molar-refractivity contribution in [2.24, 2.45) is 0 Å². The van der Waals surface area contributed by atoms with Gasteiger partial charge >= 0.3 is 0 Å². The highest BCUT2D eigenvalue weighted by atomic mass is 16.3. The van der Waals surface area contributed by atoms with Crippen LogP contribution in [-0.4, -0.2) is 23.8 Å². The first-order valence-corrected chi connectivity index (χ1v) is 4.84. The van der Waals surface area contributed by atoms with Crippen LogP contribution in [0.25, 0.3) is 0 Å². The molecule has 0 aliphatic heterocycles. The predicted octanol–water partition coefficient (Wildman–Crippen LogP) is 1.21. The molecule has 3 heteroatoms. The summed E-state index contributed by atoms with van der Waals surface area (Å²) >= 11 is 0. The molecular formula is C11H17NO2. The standard InChI is InChI=1S/C11H17NO2/c1-3-8-5-4-6-9(11(8)14)10(13)7-12-2/h4-6,10,12-14H,3,7H2,1-2H3. The lowest BCUT2D eigenvalue weighted by atomic mass is 10.0. The van der Waals surface area contributed by atoms with Gasteiger partial charge < -0.3 is 15.5 Å². The lowest BCUT2D eigenvalue weighted by Gasteiger charge is -2.13. The first-order chi connectivity index (χ1) is 6.70. The van der Waals surface area contributed by atoms with Crippen LogP contribution in [0.1, 0.15) is 24.2 Å². The fraction of sp³-hybridized carbons (Fsp3) is 0.455. The zero-order chi connectivity index (χ0) is 10.6. The molecule has 0 aromatic heterocycles. The number of aromatic hydroxyl groups is 1. The van der Waals surface area contributed by atoms with E-state index in [9.17, 15) is 10.2 Å². The normalized spacial score (nSPS) is 12.8. The first-order valence-electron chi connectivity index (χ1n) is 4.84. The largest absolute Gasteiger partial charge is 0.507 e. The van der Waals surface area contributed by atoms with Gasteiger partial charge in [-0.1, -0.05) is 25.1 Å². The minimum atomic E-state index is -0.647. The van der Waals surface area contributed by atoms with Crippen molar-refractivity contribution in [2.45, 2.75) is 19.4 Å². The molecule has 14 heavy (non-hydrogen) atoms. The summed E-state index contributed by atoms with van der Waals surface area (Å²) in [6.07, 6.45) is 0.123. The number of para-hydroxylation sites is 1. The Hall–Kier alpha value is -1.06. The lowest BCUT2D eigenvalue weighted by molar-refractivity contribution is 0.173. The van der Waals surface area contributed by atoms with Crippen molar-refractivity contribution in [3.63, 3.8) is 0 Å². The summed E-state index contributed by atoms with van der Waals surface area (Å²) in [6, 6.07) is 5.47. The molecule has 0 saturated carbocycles. The molecule has 1 atom stereocenters. The Labute approximate surface area is 84.4 Å². The maximum atomic E-state index is 9.80. The van der Waals surface area contributed by atoms with Gasteiger partial charge in [-0.15, -0.1) is 0 Å². The van der Waals surface area contributed by atoms with E-state index in [0.717, 1.165) is 12.0 Å². The number of phenols is 1. The van der Waals surface area contributed by atoms with Gasteiger partial charge in [0.1, 0.15) is 5.75 Å². The van der Waals surface area contributed by atoms with E-state index in [2.05, 4.69) is 5.32 Å². The van der Waals surface area contributed by atoms with Crippen molar-refractivity contribution in [1.82, 2.24) is 5.32 Å². The minimum Gasteiger partial charge on any atom is -0.507 e. The van der Waals surface area contributed by atoms with Gasteiger partial charge in [0, 0.05) is 12.1 Å². The number of benzene rings is 1. The summed E-state index contributed by atoms with van der Waals surface area (Å²) < 4.78 is 0. The average molecular weight is 195 g/mol. The molecule has 3 N–H and O–H groups in total. The molecule has 0 heterocycles. The molecule has 0 aliphatic rings. The zero-order valence-corrected chi connectivity index (χ0v) is 8.62. The Morgan fingerprint density at radius 1 is 1.43 bits per heavy atom. The second kappa shape index (κ2) is 4.98. The van der Waals surface area contributed by atoms with E-state index in [1.807, 2.05) is 19.1 Å². The van der Waals surface area contributed by atoms with Crippen LogP contribution in [0.15, 0.2) is 18.2 Å². The second-order valence-corrected chi connectivity index (χ2v) is 3.28. The third-order valence-electron chi connectivity index (χ3n) is 2.29. The van der Waals surface area contributed by atoms with Gasteiger partial charge in [-0.3, -0.25) is 0 Å². The highest BCUT2D eigenvalue weighted by Crippen LogP contribution is 2.27. The van der Waals surface area contributed by atoms with Gasteiger partial charge in [0.15, 0.2) is 0 Å². The van der Waals surface area contributed by atoms with Crippen LogP contribution in [0.2, 0.25) is 0 Å². The van der Waals surface area contributed by atoms with Gasteiger partial charge in [-0.2, -0.15) is 0 Å². The molecule has 0 aliphatic carbocycles. The van der Waals surface area contributed by atoms with Crippen molar-refractivity contribution in [3.05, 3.63) is 29.3 Å². The Balaban J connectivity index is 2.96. The molecule has 0 bridgehead atoms. The molecule has 0 amide bonds. The smallest absolute Gasteiger partial charge is 0.124 e. The SMILES string of the molecule is CCc1cccc(C(O)CNC)c1O. The number of hydrogen-bond acceptors (Lipinski definition) is 3. The second-order valence-electron chi connectivity index (χ2n) is 3.28. The quantitative estimate of drug-likeness (QED) is 0.677. The van der Waals surface area contributed by atoms with E-state index in [4.69, 9.17) is 0 Å². The van der Waals surface area contributed by atoms with Gasteiger partial charge in [-0.25, -0.2) is 0 Å². The van der Waals surface area contributed by atoms with Gasteiger partial charge in [0.2, 0.25) is 0 Å². The maximum Gasteiger partial charge on any atom is 0.124 e. The van der Waals surface area contributed by atoms with Crippen molar-refractivity contribution in [1.29, 1.82) is 0 Å². The van der Waals surface area contributed by atoms with Crippen molar-refractivity contribution < 1.29 is 10.2 Å². The summed E-state index contributed by atoms with van der Waals surface area (Å²) in [6.45, 7) is 2.42. The summed E-state index contributed by atoms with van der Waals surface area (Å²) in [5.41, 5.74) is 1.47. The minimum absolute atomic E-state index is 0.220. The maximum absolute atomic E-state index is 9.80. The highest BCUT2D eigenvalue weighted by Gasteiger charge is 2.12. The predicted molar refractivity (Wildman–Crippen MR) is 56.4 cm³/mol. The zero-order valence-electron chi connectivity index (χ0n) is 8.62. The Morgan fingerprint density at radius 3 is 2.71 bits per heavy atom. The third-order valence-corrected chi connectivity index (χ3v) is 2.29. The van der Waals surface area contributed by atoms with E-state index in [1.54, 1.807) is 13.1 Å². The van der Waals surface area contributed by atoms with Crippen LogP contribution in [0.4, 0.5) is 0 Å². The van der Waals surface area contributed by atoms with E-state index in [0.29, 0.717) is 12.1 Å². The molecule has 1 aromatic carbocycles. The molecule has 1 aromatic rings. The van der Waals surface area contributed by atoms with Crippen molar-refractivity contribution in [3.8, 4) is 5.75 Å². The molecule has 1 rings (SSSR count). The molecule has 0 fully saturated rings. The van der Waals surface area contributed by atoms with E-state index >= 15 is 0 Å². The number of nitrogens with one attached hydrogen (secondary N) is 1. The van der Waals surface area contributed by atoms with Gasteiger partial charge in [-0.05, 0) is 19.0 Å². The molecule has 0 radical (unpaired) electrons. The monoisotopic (exact) mass is 195 g/mol. The fourth-order valence-electron chi connectivity index (χ4n) is 1.47. The topological polar surface area (TPSA) is 52.5 Å². The first kappa shape index (κ1) is 11.0. The number of phenolic OH excluding ortho intramolecular Hbond substituents is 1. The van der Waals surface area contributed by atoms with Crippen molar-refractivity contribution >= 4 is 0 Å². The van der Waals surface area contributed by atoms with Crippen LogP contribution in [-0.2, 0) is 6.42 Å². The number of likely N-dealkylation sites (N-methyl/N-ethyl adjacent to an activating group) is 1. The summed E-state index contributed by atoms with van der Waals surface area (Å²) in [5.74, 6) is 0.220. The van der Waals surface area contributed by atoms with E-state index in [-0.39, 0.29) is 5.75 Å². The molecule has 78 valence electrons. The number of rotatable bonds is 4. The molecule has 0 spiro atoms. The van der Waals surface area contributed by atoms with E-state index in [1.165, 1.54) is 0 Å². The Bertz CT molecular complexity index is 299. The van der Waals surface area contributed by atoms with Crippen LogP contribution >= 0.6 is 0 Å². The summed E-state index contributed by atoms with van der Waals surface area (Å²) in [5, 5.41) is 22.4. The number of aryl methyl sites for hydroxylation is 1. The van der Waals surface area contributed by atoms with Crippen LogP contribution in [0.5, 0.6) is 5.75 Å². The number of aliphatic hydroxyl groups excluding tert-OH is 1. The number of aliphatic hydroxyl groups is 1. The van der Waals surface area contributed by atoms with Crippen LogP contribution in [0.3, 0.4) is 0 Å². The summed E-state index contributed by atoms with van der Waals surface area (Å²) in [4.78, 5) is 0. The number of hydrogen-bond donors (Lipinski definition) is 3. The molecule has 0 saturated heterocycles. The summed E-state index contributed by atoms with van der Waals surface area (Å²) in [7, 11) is 1.77. The highest BCUT2D eigenvalue weighted by molar-refractivity contribution is 5.41. The van der Waals surface area contributed by atoms with Crippen molar-refractivity contribution in [2.75, 3.05) is 13.6 Å². The third kappa shape index (κ3) is 2.25. The van der Waals surface area contributed by atoms with Crippen LogP contribution < -0.4 is 5.32 Å². The fourth-order valence-corrected chi connectivity index (χ4v) is 1.47. The lowest BCUT2D eigenvalue weighted by Crippen LogP contribution is -2.16. The molecule has 3 nitrogen and oxygen atoms in total. The molecular weight excluding hydrogens is 178 g/mol. The van der Waals surface area contributed by atoms with E-state index < -0.39 is 6.10 Å². The Kier molecular flexibility index (Phi) is 3.92. The Morgan fingerprint density at radius 2 is 2.14 bits per heavy atom. The van der Waals surface area contributed by atoms with Gasteiger partial charge in [0.25, 0.3) is 0 Å². The van der Waals surface area contributed by atoms with Crippen LogP contribution in [0, 0.1) is 0 Å².